The van der Waals surface area contributed by atoms with E-state index in [-0.39, 0.29) is 74.4 Å². The van der Waals surface area contributed by atoms with Crippen molar-refractivity contribution < 1.29 is 104 Å². The minimum atomic E-state index is -0.833. The quantitative estimate of drug-likeness (QED) is 0.0929. The van der Waals surface area contributed by atoms with Gasteiger partial charge < -0.3 is 32.5 Å². The molecule has 8 nitrogen and oxygen atoms in total. The summed E-state index contributed by atoms with van der Waals surface area (Å²) in [6, 6.07) is 86.5. The fourth-order valence-electron chi connectivity index (χ4n) is 10.7. The van der Waals surface area contributed by atoms with Crippen LogP contribution in [0.4, 0.5) is 0 Å². The zero-order chi connectivity index (χ0) is 63.2. The predicted molar refractivity (Wildman–Crippen MR) is 368 cm³/mol. The molecule has 4 aliphatic carbocycles. The summed E-state index contributed by atoms with van der Waals surface area (Å²) >= 11 is 0. The molecule has 8 aromatic rings. The van der Waals surface area contributed by atoms with E-state index in [9.17, 15) is 0 Å². The first-order valence-electron chi connectivity index (χ1n) is 30.4. The van der Waals surface area contributed by atoms with Crippen LogP contribution in [0, 0.1) is 75.0 Å². The van der Waals surface area contributed by atoms with E-state index in [1.165, 1.54) is 89.1 Å². The molecule has 2 heterocycles. The summed E-state index contributed by atoms with van der Waals surface area (Å²) in [5.74, 6) is 2.89. The van der Waals surface area contributed by atoms with E-state index in [0.29, 0.717) is 37.1 Å². The Labute approximate surface area is 606 Å². The van der Waals surface area contributed by atoms with Crippen molar-refractivity contribution in [1.82, 2.24) is 0 Å². The average molecular weight is 1510 g/mol. The van der Waals surface area contributed by atoms with Crippen molar-refractivity contribution in [1.29, 1.82) is 0 Å². The van der Waals surface area contributed by atoms with Crippen LogP contribution in [0.25, 0.3) is 44.6 Å². The third-order valence-electron chi connectivity index (χ3n) is 15.0. The second-order valence-electron chi connectivity index (χ2n) is 22.2. The largest absolute Gasteiger partial charge is 0.481 e. The van der Waals surface area contributed by atoms with Gasteiger partial charge in [-0.05, 0) is 101 Å². The SMILES string of the molecule is CC(=O)O.CC(=O)O.CC(C)[C@H]1COC([C]2[C-][CH][CH][CH]2)=N1.CC(C)[C@H]1COC([C]2[C-][CH][CH][CH]2)=N1.[Co].[Co].[Pd].[Pd].c1ccc(C2=C(c3ccccc3)C(c3ccccc3)=C2c2ccccc2)cc1.c1ccc(C2=C(c3ccccc3)C(c3ccccc3)=C2c2ccccc2)cc1. The summed E-state index contributed by atoms with van der Waals surface area (Å²) in [5.41, 5.74) is 20.8. The fourth-order valence-corrected chi connectivity index (χ4v) is 10.7. The molecule has 0 spiro atoms. The predicted octanol–water partition coefficient (Wildman–Crippen LogP) is 18.1. The third-order valence-corrected chi connectivity index (χ3v) is 15.0. The average Bonchev–Trinajstić information content (AvgIpc) is 0.885. The van der Waals surface area contributed by atoms with E-state index >= 15 is 0 Å². The molecule has 6 aliphatic rings. The van der Waals surface area contributed by atoms with Crippen molar-refractivity contribution >= 4 is 68.3 Å². The number of benzene rings is 8. The van der Waals surface area contributed by atoms with E-state index in [1.54, 1.807) is 0 Å². The molecule has 2 N–H and O–H groups in total. The molecule has 488 valence electrons. The monoisotopic (exact) mass is 1510 g/mol. The summed E-state index contributed by atoms with van der Waals surface area (Å²) in [6.45, 7) is 12.2. The minimum Gasteiger partial charge on any atom is -0.481 e. The van der Waals surface area contributed by atoms with E-state index in [1.807, 2.05) is 38.5 Å². The number of aliphatic carboxylic acids is 2. The first-order chi connectivity index (χ1) is 43.9. The molecule has 2 aliphatic heterocycles. The first kappa shape index (κ1) is 77.6. The second-order valence-corrected chi connectivity index (χ2v) is 22.2. The zero-order valence-electron chi connectivity index (χ0n) is 53.0. The van der Waals surface area contributed by atoms with Crippen LogP contribution in [0.3, 0.4) is 0 Å². The van der Waals surface area contributed by atoms with Gasteiger partial charge >= 0.3 is 0 Å². The van der Waals surface area contributed by atoms with E-state index < -0.39 is 11.9 Å². The Balaban J connectivity index is 0.000000226. The topological polar surface area (TPSA) is 118 Å². The molecule has 2 fully saturated rings. The van der Waals surface area contributed by atoms with Crippen molar-refractivity contribution in [2.24, 2.45) is 21.8 Å². The molecule has 12 radical (unpaired) electrons. The summed E-state index contributed by atoms with van der Waals surface area (Å²) in [7, 11) is 0. The van der Waals surface area contributed by atoms with Crippen LogP contribution < -0.4 is 0 Å². The Hall–Kier alpha value is -7.06. The summed E-state index contributed by atoms with van der Waals surface area (Å²) in [6.07, 6.45) is 17.8. The van der Waals surface area contributed by atoms with Crippen LogP contribution in [0.15, 0.2) is 253 Å². The molecule has 0 saturated heterocycles. The van der Waals surface area contributed by atoms with Crippen LogP contribution in [0.1, 0.15) is 86.1 Å². The Morgan fingerprint density at radius 1 is 0.362 bits per heavy atom. The Kier molecular flexibility index (Phi) is 32.8. The third kappa shape index (κ3) is 21.0. The molecule has 0 unspecified atom stereocenters. The van der Waals surface area contributed by atoms with E-state index in [4.69, 9.17) is 29.3 Å². The van der Waals surface area contributed by atoms with Gasteiger partial charge in [-0.25, -0.2) is 12.8 Å². The van der Waals surface area contributed by atoms with E-state index in [0.717, 1.165) is 37.5 Å². The summed E-state index contributed by atoms with van der Waals surface area (Å²) in [5, 5.41) is 14.8. The molecular formula is C82H74Co2N2O6Pd2-2. The standard InChI is InChI=1S/2C28H20.2C11H13NO.2C2H4O2.2Co.2Pd/c2*1-5-13-21(14-6-1)25-26(22-15-7-2-8-16-22)28(24-19-11-4-12-20-24)27(25)23-17-9-3-10-18-23;2*1-8(2)10-7-13-11(12-10)9-5-3-4-6-9;2*1-2(3)4;;;;/h2*1-20H;2*3-5,8,10H,7H2,1-2H3;2*1H3,(H,3,4);;;;/q;;2*-1;;;;;;/t;;2*10-;;;;;;/m..11....../s1. The van der Waals surface area contributed by atoms with Crippen molar-refractivity contribution in [3.8, 4) is 0 Å². The van der Waals surface area contributed by atoms with Gasteiger partial charge in [-0.1, -0.05) is 296 Å². The Bertz CT molecular complexity index is 3130. The van der Waals surface area contributed by atoms with Crippen LogP contribution in [-0.4, -0.2) is 59.2 Å². The van der Waals surface area contributed by atoms with Crippen LogP contribution in [0.5, 0.6) is 0 Å². The van der Waals surface area contributed by atoms with Crippen LogP contribution in [-0.2, 0) is 93.5 Å². The zero-order valence-corrected chi connectivity index (χ0v) is 58.2. The number of nitrogens with zero attached hydrogens (tertiary/aromatic N) is 2. The number of hydrogen-bond donors (Lipinski definition) is 2. The van der Waals surface area contributed by atoms with Crippen LogP contribution >= 0.6 is 0 Å². The van der Waals surface area contributed by atoms with Gasteiger partial charge in [0.05, 0.1) is 12.1 Å². The molecule has 12 heteroatoms. The van der Waals surface area contributed by atoms with Gasteiger partial charge in [0.1, 0.15) is 13.2 Å². The van der Waals surface area contributed by atoms with Gasteiger partial charge in [-0.2, -0.15) is 0 Å². The number of rotatable bonds is 12. The maximum atomic E-state index is 9.00. The maximum Gasteiger partial charge on any atom is 0.300 e. The molecular weight excluding hydrogens is 1440 g/mol. The smallest absolute Gasteiger partial charge is 0.300 e. The number of carbonyl (C=O) groups is 2. The Morgan fingerprint density at radius 3 is 0.660 bits per heavy atom. The number of hydrogen-bond acceptors (Lipinski definition) is 6. The second kappa shape index (κ2) is 39.7. The summed E-state index contributed by atoms with van der Waals surface area (Å²) < 4.78 is 11.0. The molecule has 2 saturated carbocycles. The Morgan fingerprint density at radius 2 is 0.532 bits per heavy atom. The molecule has 0 bridgehead atoms. The van der Waals surface area contributed by atoms with Gasteiger partial charge in [-0.3, -0.25) is 19.6 Å². The maximum absolute atomic E-state index is 9.00. The molecule has 8 aromatic carbocycles. The molecule has 94 heavy (non-hydrogen) atoms. The fraction of sp³-hybridized carbons (Fsp3) is 0.146. The normalized spacial score (nSPS) is 16.7. The van der Waals surface area contributed by atoms with Gasteiger partial charge in [0.2, 0.25) is 0 Å². The van der Waals surface area contributed by atoms with Crippen molar-refractivity contribution in [3.63, 3.8) is 0 Å². The van der Waals surface area contributed by atoms with Gasteiger partial charge in [0.15, 0.2) is 11.8 Å². The van der Waals surface area contributed by atoms with E-state index in [2.05, 4.69) is 293 Å². The minimum absolute atomic E-state index is 0. The summed E-state index contributed by atoms with van der Waals surface area (Å²) in [4.78, 5) is 27.0. The van der Waals surface area contributed by atoms with Gasteiger partial charge in [0, 0.05) is 88.3 Å². The van der Waals surface area contributed by atoms with Crippen molar-refractivity contribution in [3.05, 3.63) is 350 Å². The number of carboxylic acid groups (broad SMARTS) is 2. The van der Waals surface area contributed by atoms with Gasteiger partial charge in [0.25, 0.3) is 11.9 Å². The van der Waals surface area contributed by atoms with Crippen molar-refractivity contribution in [2.45, 2.75) is 53.6 Å². The molecule has 2 atom stereocenters. The molecule has 14 rings (SSSR count). The number of aliphatic imine (C=N–C) groups is 2. The molecule has 0 amide bonds. The van der Waals surface area contributed by atoms with Crippen molar-refractivity contribution in [2.75, 3.05) is 13.2 Å². The number of carboxylic acids is 2. The first-order valence-corrected chi connectivity index (χ1v) is 30.4. The van der Waals surface area contributed by atoms with Gasteiger partial charge in [-0.15, -0.1) is 11.8 Å². The molecule has 0 aromatic heterocycles. The number of ether oxygens (including phenoxy) is 2. The van der Waals surface area contributed by atoms with Crippen LogP contribution in [0.2, 0.25) is 0 Å². The number of allylic oxidation sites excluding steroid dienone is 8.